The number of carboxylic acid groups (broad SMARTS) is 2. The van der Waals surface area contributed by atoms with Crippen LogP contribution in [0.25, 0.3) is 0 Å². The number of carboxylic acids is 2. The standard InChI is InChI=1S/C4H6O6.Cu.K.2Na.H2O4S.H2O/c5-1(3(7)8)2(6)4(9)10;;;;;1-5(2,3)4;/h1-2,5-6H,(H,7,8)(H,9,10);;;;;(H2,1,2,3,4);1H2/q;;3*+1;;/p-3. The van der Waals surface area contributed by atoms with Gasteiger partial charge < -0.3 is 39.8 Å². The van der Waals surface area contributed by atoms with Crippen molar-refractivity contribution < 1.29 is 181 Å². The van der Waals surface area contributed by atoms with Crippen LogP contribution in [0.4, 0.5) is 0 Å². The Kier molecular flexibility index (Phi) is 47.4. The molecule has 0 aliphatic heterocycles. The van der Waals surface area contributed by atoms with Crippen LogP contribution in [-0.4, -0.2) is 62.5 Å². The van der Waals surface area contributed by atoms with Gasteiger partial charge in [-0.3, -0.25) is 8.42 Å². The minimum Gasteiger partial charge on any atom is -0.759 e. The monoisotopic (exact) mass is 411 g/mol. The molecule has 2 unspecified atom stereocenters. The Balaban J connectivity index is -0.0000000303. The van der Waals surface area contributed by atoms with Crippen LogP contribution in [0.2, 0.25) is 0 Å². The molecule has 0 fully saturated rings. The van der Waals surface area contributed by atoms with E-state index < -0.39 is 34.5 Å². The summed E-state index contributed by atoms with van der Waals surface area (Å²) in [7, 11) is -5.17. The van der Waals surface area contributed by atoms with E-state index in [0.29, 0.717) is 0 Å². The van der Waals surface area contributed by atoms with Gasteiger partial charge in [-0.05, 0) is 0 Å². The van der Waals surface area contributed by atoms with Crippen molar-refractivity contribution in [2.45, 2.75) is 12.2 Å². The molecule has 0 aliphatic rings. The van der Waals surface area contributed by atoms with Gasteiger partial charge in [-0.2, -0.15) is 0 Å². The van der Waals surface area contributed by atoms with E-state index in [1.54, 1.807) is 0 Å². The quantitative estimate of drug-likeness (QED) is 0.225. The zero-order valence-corrected chi connectivity index (χ0v) is 19.4. The largest absolute Gasteiger partial charge is 1.00 e. The van der Waals surface area contributed by atoms with Crippen LogP contribution >= 0.6 is 0 Å². The molecule has 16 heteroatoms. The van der Waals surface area contributed by atoms with E-state index in [-0.39, 0.29) is 133 Å². The molecule has 0 bridgehead atoms. The summed E-state index contributed by atoms with van der Waals surface area (Å²) in [5.74, 6) is -3.83. The van der Waals surface area contributed by atoms with E-state index >= 15 is 0 Å². The molecule has 109 valence electrons. The van der Waals surface area contributed by atoms with Gasteiger partial charge in [0.25, 0.3) is 0 Å². The van der Waals surface area contributed by atoms with Gasteiger partial charge >= 0.3 is 116 Å². The Morgan fingerprint density at radius 1 is 1.00 bits per heavy atom. The smallest absolute Gasteiger partial charge is 0.759 e. The van der Waals surface area contributed by atoms with Crippen molar-refractivity contribution in [1.29, 1.82) is 0 Å². The number of aliphatic hydroxyl groups is 2. The molecule has 0 aromatic carbocycles. The Morgan fingerprint density at radius 2 is 1.20 bits per heavy atom. The zero-order valence-electron chi connectivity index (χ0n) is 10.6. The van der Waals surface area contributed by atoms with Gasteiger partial charge in [0, 0.05) is 27.5 Å². The van der Waals surface area contributed by atoms with E-state index in [0.717, 1.165) is 0 Å². The minimum absolute atomic E-state index is 0. The van der Waals surface area contributed by atoms with E-state index in [9.17, 15) is 14.7 Å². The third-order valence-electron chi connectivity index (χ3n) is 0.794. The topological polar surface area (TPSA) is 230 Å². The Morgan fingerprint density at radius 3 is 1.25 bits per heavy atom. The van der Waals surface area contributed by atoms with Gasteiger partial charge in [-0.15, -0.1) is 0 Å². The van der Waals surface area contributed by atoms with Crippen molar-refractivity contribution in [2.75, 3.05) is 0 Å². The predicted octanol–water partition coefficient (Wildman–Crippen LogP) is -14.6. The van der Waals surface area contributed by atoms with E-state index in [4.69, 9.17) is 32.8 Å². The molecule has 0 aliphatic carbocycles. The average molecular weight is 412 g/mol. The van der Waals surface area contributed by atoms with Crippen LogP contribution in [-0.2, 0) is 37.1 Å². The zero-order chi connectivity index (χ0) is 12.8. The second kappa shape index (κ2) is 21.8. The molecule has 0 spiro atoms. The summed E-state index contributed by atoms with van der Waals surface area (Å²) in [4.78, 5) is 19.4. The third kappa shape index (κ3) is 37.3. The van der Waals surface area contributed by atoms with E-state index in [1.807, 2.05) is 0 Å². The van der Waals surface area contributed by atoms with Gasteiger partial charge in [-0.1, -0.05) is 0 Å². The summed E-state index contributed by atoms with van der Waals surface area (Å²) >= 11 is 0. The fraction of sp³-hybridized carbons (Fsp3) is 0.500. The first-order valence-corrected chi connectivity index (χ1v) is 4.26. The number of carbonyl (C=O) groups excluding carboxylic acids is 1. The molecule has 0 saturated carbocycles. The van der Waals surface area contributed by atoms with Crippen molar-refractivity contribution in [3.05, 3.63) is 0 Å². The van der Waals surface area contributed by atoms with Crippen LogP contribution < -0.4 is 116 Å². The normalized spacial score (nSPS) is 10.8. The van der Waals surface area contributed by atoms with Gasteiger partial charge in [-0.25, -0.2) is 4.79 Å². The number of carbonyl (C=O) groups is 2. The third-order valence-corrected chi connectivity index (χ3v) is 0.794. The van der Waals surface area contributed by atoms with E-state index in [1.165, 1.54) is 0 Å². The molecular weight excluding hydrogens is 405 g/mol. The van der Waals surface area contributed by atoms with Gasteiger partial charge in [0.05, 0.1) is 5.97 Å². The van der Waals surface area contributed by atoms with Crippen LogP contribution in [0.15, 0.2) is 0 Å². The number of hydrogen-bond donors (Lipinski definition) is 3. The first-order valence-electron chi connectivity index (χ1n) is 2.93. The summed E-state index contributed by atoms with van der Waals surface area (Å²) in [6.07, 6.45) is -4.71. The minimum atomic E-state index is -5.17. The molecule has 0 rings (SSSR count). The predicted molar refractivity (Wildman–Crippen MR) is 38.7 cm³/mol. The first kappa shape index (κ1) is 43.4. The molecular formula is C4H7CuKNa2O11S. The van der Waals surface area contributed by atoms with Crippen molar-refractivity contribution in [3.63, 3.8) is 0 Å². The molecule has 0 amide bonds. The maximum absolute atomic E-state index is 9.74. The second-order valence-electron chi connectivity index (χ2n) is 1.96. The molecule has 20 heavy (non-hydrogen) atoms. The molecule has 0 heterocycles. The van der Waals surface area contributed by atoms with Gasteiger partial charge in [0.2, 0.25) is 0 Å². The fourth-order valence-electron chi connectivity index (χ4n) is 0.264. The Hall–Kier alpha value is 2.85. The molecule has 11 nitrogen and oxygen atoms in total. The van der Waals surface area contributed by atoms with Crippen LogP contribution in [0, 0.1) is 0 Å². The summed E-state index contributed by atoms with van der Waals surface area (Å²) < 4.78 is 34.1. The molecule has 0 aromatic heterocycles. The number of aliphatic carboxylic acids is 2. The van der Waals surface area contributed by atoms with Crippen molar-refractivity contribution in [3.8, 4) is 0 Å². The molecule has 2 atom stereocenters. The van der Waals surface area contributed by atoms with Crippen molar-refractivity contribution >= 4 is 22.3 Å². The van der Waals surface area contributed by atoms with Crippen molar-refractivity contribution in [1.82, 2.24) is 0 Å². The summed E-state index contributed by atoms with van der Waals surface area (Å²) in [5.41, 5.74) is 0. The summed E-state index contributed by atoms with van der Waals surface area (Å²) in [6, 6.07) is 0. The SMILES string of the molecule is O.O=C([O-])C(O)C(O)C(=O)O.O=S(=O)([O-])[O-].[Cu].[K+].[Na+].[Na+]. The van der Waals surface area contributed by atoms with E-state index in [2.05, 4.69) is 0 Å². The number of aliphatic hydroxyl groups excluding tert-OH is 2. The molecule has 5 N–H and O–H groups in total. The maximum Gasteiger partial charge on any atom is 1.00 e. The fourth-order valence-corrected chi connectivity index (χ4v) is 0.264. The number of hydrogen-bond acceptors (Lipinski definition) is 9. The Labute approximate surface area is 211 Å². The maximum atomic E-state index is 9.74. The molecule has 0 saturated heterocycles. The molecule has 1 radical (unpaired) electrons. The summed E-state index contributed by atoms with van der Waals surface area (Å²) in [6.45, 7) is 0. The Bertz CT molecular complexity index is 311. The average Bonchev–Trinajstić information content (AvgIpc) is 1.98. The number of rotatable bonds is 3. The van der Waals surface area contributed by atoms with Crippen LogP contribution in [0.5, 0.6) is 0 Å². The van der Waals surface area contributed by atoms with Gasteiger partial charge in [0.1, 0.15) is 6.10 Å². The van der Waals surface area contributed by atoms with Crippen molar-refractivity contribution in [2.24, 2.45) is 0 Å². The van der Waals surface area contributed by atoms with Gasteiger partial charge in [0.15, 0.2) is 6.10 Å². The van der Waals surface area contributed by atoms with Crippen LogP contribution in [0.3, 0.4) is 0 Å². The first-order chi connectivity index (χ1) is 6.46. The second-order valence-corrected chi connectivity index (χ2v) is 2.77. The summed E-state index contributed by atoms with van der Waals surface area (Å²) in [5, 5.41) is 34.1. The van der Waals surface area contributed by atoms with Crippen LogP contribution in [0.1, 0.15) is 0 Å². The molecule has 0 aromatic rings.